The first-order valence-corrected chi connectivity index (χ1v) is 5.52. The van der Waals surface area contributed by atoms with Crippen LogP contribution < -0.4 is 5.73 Å². The van der Waals surface area contributed by atoms with E-state index in [-0.39, 0.29) is 0 Å². The number of halogens is 2. The minimum atomic E-state index is 0.589. The van der Waals surface area contributed by atoms with E-state index in [9.17, 15) is 0 Å². The molecular formula is C13H13Cl2N. The maximum absolute atomic E-state index is 6.08. The van der Waals surface area contributed by atoms with Crippen molar-refractivity contribution in [1.29, 1.82) is 0 Å². The lowest BCUT2D eigenvalue weighted by Gasteiger charge is -2.04. The van der Waals surface area contributed by atoms with Gasteiger partial charge < -0.3 is 5.73 Å². The van der Waals surface area contributed by atoms with Gasteiger partial charge in [-0.05, 0) is 36.3 Å². The molecular weight excluding hydrogens is 241 g/mol. The molecule has 1 nitrogen and oxygen atoms in total. The second-order valence-corrected chi connectivity index (χ2v) is 4.19. The second-order valence-electron chi connectivity index (χ2n) is 3.34. The molecule has 1 rings (SSSR count). The molecule has 0 aromatic heterocycles. The summed E-state index contributed by atoms with van der Waals surface area (Å²) in [7, 11) is 0. The monoisotopic (exact) mass is 253 g/mol. The van der Waals surface area contributed by atoms with Crippen molar-refractivity contribution in [2.24, 2.45) is 0 Å². The van der Waals surface area contributed by atoms with Gasteiger partial charge in [-0.1, -0.05) is 48.0 Å². The highest BCUT2D eigenvalue weighted by Gasteiger charge is 2.01. The molecule has 0 radical (unpaired) electrons. The number of benzene rings is 1. The molecule has 0 amide bonds. The van der Waals surface area contributed by atoms with Gasteiger partial charge in [-0.2, -0.15) is 0 Å². The highest BCUT2D eigenvalue weighted by Crippen LogP contribution is 2.25. The molecule has 0 aliphatic carbocycles. The van der Waals surface area contributed by atoms with Crippen LogP contribution in [-0.4, -0.2) is 0 Å². The van der Waals surface area contributed by atoms with Crippen molar-refractivity contribution in [3.8, 4) is 0 Å². The smallest absolute Gasteiger partial charge is 0.0501 e. The topological polar surface area (TPSA) is 26.0 Å². The van der Waals surface area contributed by atoms with Crippen LogP contribution >= 0.6 is 23.2 Å². The van der Waals surface area contributed by atoms with E-state index in [4.69, 9.17) is 28.9 Å². The van der Waals surface area contributed by atoms with Gasteiger partial charge in [0.15, 0.2) is 0 Å². The number of hydrogen-bond donors (Lipinski definition) is 1. The lowest BCUT2D eigenvalue weighted by atomic mass is 10.1. The normalized spacial score (nSPS) is 12.7. The molecule has 0 aliphatic heterocycles. The Bertz CT molecular complexity index is 459. The fourth-order valence-corrected chi connectivity index (χ4v) is 1.61. The Balaban J connectivity index is 3.05. The number of anilines is 1. The minimum absolute atomic E-state index is 0.589. The standard InChI is InChI=1S/C13H13Cl2N/c1-3-10(14)5-4-9(2)12-7-6-11(16)8-13(12)15/h3-8H,1,16H2,2H3/b9-4+,10-5+. The van der Waals surface area contributed by atoms with Crippen LogP contribution in [0.15, 0.2) is 48.0 Å². The Kier molecular flexibility index (Phi) is 4.66. The van der Waals surface area contributed by atoms with Crippen LogP contribution in [0.5, 0.6) is 0 Å². The van der Waals surface area contributed by atoms with Crippen molar-refractivity contribution in [2.45, 2.75) is 6.92 Å². The molecule has 3 heteroatoms. The fourth-order valence-electron chi connectivity index (χ4n) is 1.21. The largest absolute Gasteiger partial charge is 0.399 e. The number of rotatable bonds is 3. The number of hydrogen-bond acceptors (Lipinski definition) is 1. The Morgan fingerprint density at radius 2 is 2.06 bits per heavy atom. The lowest BCUT2D eigenvalue weighted by Crippen LogP contribution is -1.87. The van der Waals surface area contributed by atoms with Gasteiger partial charge in [0.25, 0.3) is 0 Å². The van der Waals surface area contributed by atoms with Crippen molar-refractivity contribution >= 4 is 34.5 Å². The SMILES string of the molecule is C=C/C(Cl)=C\C=C(/C)c1ccc(N)cc1Cl. The third-order valence-corrected chi connectivity index (χ3v) is 2.70. The Morgan fingerprint density at radius 1 is 1.38 bits per heavy atom. The first-order valence-electron chi connectivity index (χ1n) is 4.76. The van der Waals surface area contributed by atoms with Gasteiger partial charge in [0, 0.05) is 10.7 Å². The number of nitrogens with two attached hydrogens (primary N) is 1. The maximum atomic E-state index is 6.08. The molecule has 2 N–H and O–H groups in total. The molecule has 0 heterocycles. The summed E-state index contributed by atoms with van der Waals surface area (Å²) < 4.78 is 0. The van der Waals surface area contributed by atoms with Gasteiger partial charge in [0.2, 0.25) is 0 Å². The predicted octanol–water partition coefficient (Wildman–Crippen LogP) is 4.63. The molecule has 1 aromatic carbocycles. The Labute approximate surface area is 106 Å². The van der Waals surface area contributed by atoms with E-state index in [1.54, 1.807) is 18.2 Å². The molecule has 0 saturated carbocycles. The molecule has 0 aliphatic rings. The summed E-state index contributed by atoms with van der Waals surface area (Å²) in [6.07, 6.45) is 5.24. The summed E-state index contributed by atoms with van der Waals surface area (Å²) >= 11 is 11.9. The third kappa shape index (κ3) is 3.44. The van der Waals surface area contributed by atoms with Gasteiger partial charge in [-0.3, -0.25) is 0 Å². The van der Waals surface area contributed by atoms with E-state index in [0.29, 0.717) is 15.7 Å². The van der Waals surface area contributed by atoms with Crippen molar-refractivity contribution in [3.63, 3.8) is 0 Å². The summed E-state index contributed by atoms with van der Waals surface area (Å²) in [6, 6.07) is 5.43. The van der Waals surface area contributed by atoms with Crippen LogP contribution in [0.2, 0.25) is 5.02 Å². The quantitative estimate of drug-likeness (QED) is 0.617. The molecule has 0 saturated heterocycles. The zero-order valence-electron chi connectivity index (χ0n) is 9.00. The summed E-state index contributed by atoms with van der Waals surface area (Å²) in [4.78, 5) is 0. The van der Waals surface area contributed by atoms with Gasteiger partial charge in [-0.15, -0.1) is 0 Å². The summed E-state index contributed by atoms with van der Waals surface area (Å²) in [5.74, 6) is 0. The van der Waals surface area contributed by atoms with Crippen LogP contribution in [0, 0.1) is 0 Å². The van der Waals surface area contributed by atoms with Crippen LogP contribution in [-0.2, 0) is 0 Å². The molecule has 1 aromatic rings. The molecule has 0 bridgehead atoms. The van der Waals surface area contributed by atoms with Gasteiger partial charge >= 0.3 is 0 Å². The van der Waals surface area contributed by atoms with Crippen LogP contribution in [0.1, 0.15) is 12.5 Å². The zero-order valence-corrected chi connectivity index (χ0v) is 10.5. The highest BCUT2D eigenvalue weighted by molar-refractivity contribution is 6.32. The molecule has 0 spiro atoms. The second kappa shape index (κ2) is 5.78. The molecule has 0 fully saturated rings. The van der Waals surface area contributed by atoms with Crippen molar-refractivity contribution in [1.82, 2.24) is 0 Å². The first-order chi connectivity index (χ1) is 7.54. The van der Waals surface area contributed by atoms with Crippen molar-refractivity contribution < 1.29 is 0 Å². The number of allylic oxidation sites excluding steroid dienone is 5. The Morgan fingerprint density at radius 3 is 2.62 bits per heavy atom. The average Bonchev–Trinajstić information content (AvgIpc) is 2.25. The van der Waals surface area contributed by atoms with E-state index < -0.39 is 0 Å². The molecule has 16 heavy (non-hydrogen) atoms. The van der Waals surface area contributed by atoms with Crippen LogP contribution in [0.3, 0.4) is 0 Å². The summed E-state index contributed by atoms with van der Waals surface area (Å²) in [6.45, 7) is 5.53. The maximum Gasteiger partial charge on any atom is 0.0501 e. The van der Waals surface area contributed by atoms with E-state index in [1.165, 1.54) is 0 Å². The Hall–Kier alpha value is -1.18. The lowest BCUT2D eigenvalue weighted by molar-refractivity contribution is 1.56. The predicted molar refractivity (Wildman–Crippen MR) is 73.6 cm³/mol. The molecule has 0 atom stereocenters. The molecule has 0 unspecified atom stereocenters. The fraction of sp³-hybridized carbons (Fsp3) is 0.0769. The average molecular weight is 254 g/mol. The number of nitrogen functional groups attached to an aromatic ring is 1. The van der Waals surface area contributed by atoms with Crippen molar-refractivity contribution in [3.05, 3.63) is 58.6 Å². The van der Waals surface area contributed by atoms with E-state index in [2.05, 4.69) is 6.58 Å². The van der Waals surface area contributed by atoms with Crippen LogP contribution in [0.4, 0.5) is 5.69 Å². The summed E-state index contributed by atoms with van der Waals surface area (Å²) in [5, 5.41) is 1.22. The van der Waals surface area contributed by atoms with E-state index in [0.717, 1.165) is 11.1 Å². The van der Waals surface area contributed by atoms with Gasteiger partial charge in [0.05, 0.1) is 5.02 Å². The van der Waals surface area contributed by atoms with E-state index in [1.807, 2.05) is 25.1 Å². The van der Waals surface area contributed by atoms with Crippen LogP contribution in [0.25, 0.3) is 5.57 Å². The zero-order chi connectivity index (χ0) is 12.1. The first kappa shape index (κ1) is 12.9. The summed E-state index contributed by atoms with van der Waals surface area (Å²) in [5.41, 5.74) is 8.24. The highest BCUT2D eigenvalue weighted by atomic mass is 35.5. The van der Waals surface area contributed by atoms with Gasteiger partial charge in [-0.25, -0.2) is 0 Å². The van der Waals surface area contributed by atoms with Gasteiger partial charge in [0.1, 0.15) is 0 Å². The van der Waals surface area contributed by atoms with E-state index >= 15 is 0 Å². The minimum Gasteiger partial charge on any atom is -0.399 e. The third-order valence-electron chi connectivity index (χ3n) is 2.11. The molecule has 84 valence electrons. The van der Waals surface area contributed by atoms with Crippen molar-refractivity contribution in [2.75, 3.05) is 5.73 Å².